The molecule has 0 radical (unpaired) electrons. The number of anilines is 1. The van der Waals surface area contributed by atoms with Crippen molar-refractivity contribution in [3.05, 3.63) is 16.5 Å². The highest BCUT2D eigenvalue weighted by Crippen LogP contribution is 2.44. The van der Waals surface area contributed by atoms with E-state index in [2.05, 4.69) is 35.9 Å². The molecule has 2 heterocycles. The first-order chi connectivity index (χ1) is 18.3. The molecule has 2 saturated carbocycles. The van der Waals surface area contributed by atoms with Gasteiger partial charge in [0, 0.05) is 36.9 Å². The molecule has 3 aliphatic rings. The number of nitrogens with zero attached hydrogens (tertiary/aromatic N) is 4. The first kappa shape index (κ1) is 27.7. The van der Waals surface area contributed by atoms with Crippen molar-refractivity contribution in [1.82, 2.24) is 14.5 Å². The fraction of sp³-hybridized carbons (Fsp3) is 0.591. The van der Waals surface area contributed by atoms with E-state index in [0.717, 1.165) is 11.3 Å². The van der Waals surface area contributed by atoms with E-state index in [0.29, 0.717) is 23.3 Å². The van der Waals surface area contributed by atoms with Gasteiger partial charge in [0.25, 0.3) is 5.92 Å². The molecule has 0 aromatic carbocycles. The number of aromatic nitrogens is 2. The number of halogens is 5. The molecule has 3 aliphatic carbocycles. The number of amides is 1. The molecule has 1 amide bonds. The van der Waals surface area contributed by atoms with Gasteiger partial charge >= 0.3 is 6.61 Å². The summed E-state index contributed by atoms with van der Waals surface area (Å²) in [5.41, 5.74) is 0.386. The van der Waals surface area contributed by atoms with Crippen molar-refractivity contribution < 1.29 is 39.9 Å². The van der Waals surface area contributed by atoms with Crippen molar-refractivity contribution in [2.45, 2.75) is 74.2 Å². The van der Waals surface area contributed by atoms with E-state index in [1.165, 1.54) is 17.8 Å². The number of thiophene rings is 1. The second-order valence-corrected chi connectivity index (χ2v) is 12.4. The minimum Gasteiger partial charge on any atom is -0.415 e. The van der Waals surface area contributed by atoms with Crippen LogP contribution in [0.4, 0.5) is 32.8 Å². The van der Waals surface area contributed by atoms with Gasteiger partial charge in [0.1, 0.15) is 16.1 Å². The lowest BCUT2D eigenvalue weighted by Gasteiger charge is -2.35. The lowest BCUT2D eigenvalue weighted by atomic mass is 9.89. The maximum Gasteiger partial charge on any atom is 0.388 e. The van der Waals surface area contributed by atoms with Gasteiger partial charge in [-0.15, -0.1) is 16.4 Å². The Kier molecular flexibility index (Phi) is 7.28. The maximum atomic E-state index is 13.4. The van der Waals surface area contributed by atoms with E-state index in [9.17, 15) is 35.2 Å². The van der Waals surface area contributed by atoms with E-state index in [1.807, 2.05) is 0 Å². The molecule has 2 fully saturated rings. The third-order valence-corrected chi connectivity index (χ3v) is 9.57. The van der Waals surface area contributed by atoms with Crippen molar-refractivity contribution in [1.29, 1.82) is 0 Å². The monoisotopic (exact) mass is 594 g/mol. The highest BCUT2D eigenvalue weighted by molar-refractivity contribution is 7.90. The van der Waals surface area contributed by atoms with Gasteiger partial charge in [-0.05, 0) is 31.2 Å². The van der Waals surface area contributed by atoms with E-state index < -0.39 is 65.5 Å². The number of carbonyl (C=O) groups excluding carboxylic acids is 1. The van der Waals surface area contributed by atoms with E-state index >= 15 is 0 Å². The molecule has 0 aliphatic heterocycles. The Hall–Kier alpha value is -2.88. The van der Waals surface area contributed by atoms with Gasteiger partial charge in [0.15, 0.2) is 5.82 Å². The number of sulfonamides is 1. The van der Waals surface area contributed by atoms with Crippen molar-refractivity contribution in [3.8, 4) is 5.88 Å². The molecule has 2 unspecified atom stereocenters. The predicted octanol–water partition coefficient (Wildman–Crippen LogP) is 3.82. The highest BCUT2D eigenvalue weighted by Gasteiger charge is 2.48. The van der Waals surface area contributed by atoms with Gasteiger partial charge in [-0.3, -0.25) is 4.79 Å². The second kappa shape index (κ2) is 10.3. The minimum atomic E-state index is -4.32. The molecule has 0 saturated heterocycles. The van der Waals surface area contributed by atoms with Crippen molar-refractivity contribution >= 4 is 44.1 Å². The topological polar surface area (TPSA) is 127 Å². The number of aliphatic imine (C=N–C) groups is 2. The van der Waals surface area contributed by atoms with E-state index in [-0.39, 0.29) is 34.4 Å². The van der Waals surface area contributed by atoms with Gasteiger partial charge in [-0.25, -0.2) is 36.0 Å². The summed E-state index contributed by atoms with van der Waals surface area (Å²) >= 11 is 1.05. The molecule has 10 nitrogen and oxygen atoms in total. The van der Waals surface area contributed by atoms with Gasteiger partial charge in [-0.1, -0.05) is 0 Å². The number of hydrogen-bond acceptors (Lipinski definition) is 8. The Morgan fingerprint density at radius 1 is 1.36 bits per heavy atom. The number of hydrogen-bond donors (Lipinski definition) is 2. The number of aryl methyl sites for hydroxylation is 2. The van der Waals surface area contributed by atoms with Crippen LogP contribution in [-0.4, -0.2) is 60.9 Å². The SMILES string of the molecule is Cn1nc(OC(F)F)cc1N=C=N[C@H]1CCc2sc(NC(=O)C3CC3F)c(S(=O)(=O)NC3CC(F)(F)C3)c2C1. The van der Waals surface area contributed by atoms with Crippen LogP contribution >= 0.6 is 11.3 Å². The summed E-state index contributed by atoms with van der Waals surface area (Å²) in [4.78, 5) is 21.1. The zero-order chi connectivity index (χ0) is 28.1. The van der Waals surface area contributed by atoms with Crippen LogP contribution in [-0.2, 0) is 34.7 Å². The van der Waals surface area contributed by atoms with Crippen LogP contribution in [0.1, 0.15) is 36.1 Å². The number of nitrogens with one attached hydrogen (secondary N) is 2. The van der Waals surface area contributed by atoms with E-state index in [4.69, 9.17) is 0 Å². The minimum absolute atomic E-state index is 0.0161. The summed E-state index contributed by atoms with van der Waals surface area (Å²) in [6.45, 7) is -3.05. The normalized spacial score (nSPS) is 23.9. The highest BCUT2D eigenvalue weighted by atomic mass is 32.2. The third-order valence-electron chi connectivity index (χ3n) is 6.60. The maximum absolute atomic E-state index is 13.4. The number of alkyl halides is 5. The van der Waals surface area contributed by atoms with Crippen LogP contribution in [0, 0.1) is 5.92 Å². The summed E-state index contributed by atoms with van der Waals surface area (Å²) in [6.07, 6.45) is -1.47. The molecule has 17 heteroatoms. The summed E-state index contributed by atoms with van der Waals surface area (Å²) < 4.78 is 99.3. The fourth-order valence-electron chi connectivity index (χ4n) is 4.53. The fourth-order valence-corrected chi connectivity index (χ4v) is 7.74. The summed E-state index contributed by atoms with van der Waals surface area (Å²) in [6, 6.07) is 2.23. The molecule has 5 rings (SSSR count). The molecule has 0 bridgehead atoms. The Labute approximate surface area is 223 Å². The predicted molar refractivity (Wildman–Crippen MR) is 129 cm³/mol. The van der Waals surface area contributed by atoms with Crippen LogP contribution in [0.15, 0.2) is 20.9 Å². The molecule has 0 spiro atoms. The Bertz CT molecular complexity index is 1440. The van der Waals surface area contributed by atoms with Crippen LogP contribution in [0.2, 0.25) is 0 Å². The first-order valence-electron chi connectivity index (χ1n) is 12.0. The number of carbonyl (C=O) groups is 1. The van der Waals surface area contributed by atoms with Gasteiger partial charge in [0.2, 0.25) is 21.8 Å². The zero-order valence-corrected chi connectivity index (χ0v) is 22.0. The average molecular weight is 595 g/mol. The standard InChI is InChI=1S/C22H23F5N6O4S2/c1-33-16(6-17(31-33)37-21(24)25)29-9-28-10-2-3-15-13(4-10)18(20(38-15)30-19(34)12-5-14(12)23)39(35,36)32-11-7-22(26,27)8-11/h6,10-12,14,21,32H,2-5,7-8H2,1H3,(H,30,34)/t10-,12?,14?/m0/s1. The van der Waals surface area contributed by atoms with Gasteiger partial charge in [-0.2, -0.15) is 13.8 Å². The van der Waals surface area contributed by atoms with Crippen molar-refractivity contribution in [2.24, 2.45) is 23.0 Å². The quantitative estimate of drug-likeness (QED) is 0.337. The Morgan fingerprint density at radius 2 is 2.08 bits per heavy atom. The molecular formula is C22H23F5N6O4S2. The third kappa shape index (κ3) is 6.15. The van der Waals surface area contributed by atoms with Gasteiger partial charge < -0.3 is 10.1 Å². The smallest absolute Gasteiger partial charge is 0.388 e. The average Bonchev–Trinajstić information content (AvgIpc) is 3.28. The van der Waals surface area contributed by atoms with Crippen molar-refractivity contribution in [3.63, 3.8) is 0 Å². The number of ether oxygens (including phenoxy) is 1. The molecule has 3 atom stereocenters. The molecule has 2 N–H and O–H groups in total. The molecule has 212 valence electrons. The number of rotatable bonds is 9. The molecule has 2 aromatic heterocycles. The molecule has 39 heavy (non-hydrogen) atoms. The van der Waals surface area contributed by atoms with Gasteiger partial charge in [0.05, 0.1) is 18.0 Å². The Balaban J connectivity index is 1.38. The molecular weight excluding hydrogens is 571 g/mol. The molecule has 2 aromatic rings. The summed E-state index contributed by atoms with van der Waals surface area (Å²) in [7, 11) is -2.86. The van der Waals surface area contributed by atoms with Crippen LogP contribution in [0.3, 0.4) is 0 Å². The lowest BCUT2D eigenvalue weighted by Crippen LogP contribution is -2.50. The van der Waals surface area contributed by atoms with Crippen LogP contribution in [0.5, 0.6) is 5.88 Å². The van der Waals surface area contributed by atoms with Crippen molar-refractivity contribution in [2.75, 3.05) is 5.32 Å². The van der Waals surface area contributed by atoms with E-state index in [1.54, 1.807) is 0 Å². The Morgan fingerprint density at radius 3 is 2.72 bits per heavy atom. The zero-order valence-electron chi connectivity index (χ0n) is 20.3. The van der Waals surface area contributed by atoms with Crippen LogP contribution < -0.4 is 14.8 Å². The lowest BCUT2D eigenvalue weighted by molar-refractivity contribution is -0.117. The summed E-state index contributed by atoms with van der Waals surface area (Å²) in [5, 5.41) is 6.28. The number of fused-ring (bicyclic) bond motifs is 1. The first-order valence-corrected chi connectivity index (χ1v) is 14.3. The van der Waals surface area contributed by atoms with Crippen LogP contribution in [0.25, 0.3) is 0 Å². The largest absolute Gasteiger partial charge is 0.415 e. The summed E-state index contributed by atoms with van der Waals surface area (Å²) in [5.74, 6) is -4.63. The second-order valence-electron chi connectivity index (χ2n) is 9.67.